The van der Waals surface area contributed by atoms with Gasteiger partial charge in [-0.2, -0.15) is 0 Å². The first-order chi connectivity index (χ1) is 11.7. The third-order valence-corrected chi connectivity index (χ3v) is 3.63. The predicted octanol–water partition coefficient (Wildman–Crippen LogP) is 1.80. The molecule has 0 heterocycles. The molecule has 0 aliphatic rings. The molecule has 138 valence electrons. The summed E-state index contributed by atoms with van der Waals surface area (Å²) in [6.07, 6.45) is 0.413. The SMILES string of the molecule is Cc1ccc(CNC(=O)NC(CC(C)C)C(=O)NC(C)C(=O)O)cc1. The van der Waals surface area contributed by atoms with Gasteiger partial charge in [0.15, 0.2) is 0 Å². The monoisotopic (exact) mass is 349 g/mol. The van der Waals surface area contributed by atoms with Crippen molar-refractivity contribution in [3.05, 3.63) is 35.4 Å². The molecule has 3 amide bonds. The number of hydrogen-bond acceptors (Lipinski definition) is 3. The molecule has 0 saturated carbocycles. The Labute approximate surface area is 148 Å². The molecule has 0 spiro atoms. The van der Waals surface area contributed by atoms with Gasteiger partial charge >= 0.3 is 12.0 Å². The number of amides is 3. The summed E-state index contributed by atoms with van der Waals surface area (Å²) < 4.78 is 0. The zero-order valence-corrected chi connectivity index (χ0v) is 15.1. The van der Waals surface area contributed by atoms with Crippen LogP contribution in [0.4, 0.5) is 4.79 Å². The molecule has 0 radical (unpaired) electrons. The Morgan fingerprint density at radius 1 is 1.04 bits per heavy atom. The maximum Gasteiger partial charge on any atom is 0.325 e. The molecule has 2 unspecified atom stereocenters. The number of carboxylic acids is 1. The second kappa shape index (κ2) is 9.66. The van der Waals surface area contributed by atoms with Crippen molar-refractivity contribution in [2.75, 3.05) is 0 Å². The fourth-order valence-electron chi connectivity index (χ4n) is 2.18. The number of carbonyl (C=O) groups is 3. The van der Waals surface area contributed by atoms with E-state index in [9.17, 15) is 14.4 Å². The summed E-state index contributed by atoms with van der Waals surface area (Å²) >= 11 is 0. The highest BCUT2D eigenvalue weighted by molar-refractivity contribution is 5.89. The van der Waals surface area contributed by atoms with Crippen LogP contribution < -0.4 is 16.0 Å². The summed E-state index contributed by atoms with van der Waals surface area (Å²) in [5, 5.41) is 16.6. The third-order valence-electron chi connectivity index (χ3n) is 3.63. The molecule has 0 aliphatic heterocycles. The number of urea groups is 1. The van der Waals surface area contributed by atoms with E-state index < -0.39 is 30.0 Å². The second-order valence-electron chi connectivity index (χ2n) is 6.56. The van der Waals surface area contributed by atoms with Gasteiger partial charge in [-0.25, -0.2) is 4.79 Å². The van der Waals surface area contributed by atoms with Crippen LogP contribution in [0.5, 0.6) is 0 Å². The van der Waals surface area contributed by atoms with Crippen molar-refractivity contribution in [2.45, 2.75) is 52.7 Å². The summed E-state index contributed by atoms with van der Waals surface area (Å²) in [6, 6.07) is 5.48. The molecule has 4 N–H and O–H groups in total. The van der Waals surface area contributed by atoms with Crippen LogP contribution in [-0.4, -0.2) is 35.1 Å². The highest BCUT2D eigenvalue weighted by Crippen LogP contribution is 2.06. The van der Waals surface area contributed by atoms with Crippen molar-refractivity contribution in [1.29, 1.82) is 0 Å². The molecule has 1 aromatic rings. The number of nitrogens with one attached hydrogen (secondary N) is 3. The molecule has 0 aromatic heterocycles. The van der Waals surface area contributed by atoms with Crippen molar-refractivity contribution < 1.29 is 19.5 Å². The zero-order valence-electron chi connectivity index (χ0n) is 15.1. The van der Waals surface area contributed by atoms with Crippen LogP contribution in [0.1, 0.15) is 38.3 Å². The summed E-state index contributed by atoms with van der Waals surface area (Å²) in [4.78, 5) is 35.2. The van der Waals surface area contributed by atoms with Crippen molar-refractivity contribution >= 4 is 17.9 Å². The lowest BCUT2D eigenvalue weighted by atomic mass is 10.0. The summed E-state index contributed by atoms with van der Waals surface area (Å²) in [5.41, 5.74) is 2.08. The molecule has 7 heteroatoms. The Morgan fingerprint density at radius 3 is 2.16 bits per heavy atom. The lowest BCUT2D eigenvalue weighted by molar-refractivity contribution is -0.141. The minimum atomic E-state index is -1.12. The van der Waals surface area contributed by atoms with Crippen LogP contribution in [0, 0.1) is 12.8 Å². The van der Waals surface area contributed by atoms with Crippen LogP contribution in [0.25, 0.3) is 0 Å². The van der Waals surface area contributed by atoms with Gasteiger partial charge in [0.25, 0.3) is 0 Å². The molecular formula is C18H27N3O4. The van der Waals surface area contributed by atoms with Crippen LogP contribution >= 0.6 is 0 Å². The zero-order chi connectivity index (χ0) is 19.0. The van der Waals surface area contributed by atoms with Crippen molar-refractivity contribution in [3.8, 4) is 0 Å². The van der Waals surface area contributed by atoms with Gasteiger partial charge in [0.05, 0.1) is 0 Å². The lowest BCUT2D eigenvalue weighted by Gasteiger charge is -2.21. The molecule has 1 rings (SSSR count). The molecule has 1 aromatic carbocycles. The molecule has 0 bridgehead atoms. The number of aryl methyl sites for hydroxylation is 1. The summed E-state index contributed by atoms with van der Waals surface area (Å²) in [5.74, 6) is -1.47. The average Bonchev–Trinajstić information content (AvgIpc) is 2.53. The van der Waals surface area contributed by atoms with E-state index in [2.05, 4.69) is 16.0 Å². The Balaban J connectivity index is 2.60. The van der Waals surface area contributed by atoms with E-state index in [0.717, 1.165) is 11.1 Å². The van der Waals surface area contributed by atoms with Gasteiger partial charge in [-0.3, -0.25) is 9.59 Å². The van der Waals surface area contributed by atoms with Gasteiger partial charge in [-0.05, 0) is 31.7 Å². The van der Waals surface area contributed by atoms with Gasteiger partial charge in [-0.15, -0.1) is 0 Å². The lowest BCUT2D eigenvalue weighted by Crippen LogP contribution is -2.53. The van der Waals surface area contributed by atoms with Gasteiger partial charge in [0, 0.05) is 6.54 Å². The maximum absolute atomic E-state index is 12.2. The first-order valence-corrected chi connectivity index (χ1v) is 8.32. The molecule has 0 aliphatic carbocycles. The predicted molar refractivity (Wildman–Crippen MR) is 95.0 cm³/mol. The molecular weight excluding hydrogens is 322 g/mol. The Bertz CT molecular complexity index is 599. The van der Waals surface area contributed by atoms with Crippen molar-refractivity contribution in [1.82, 2.24) is 16.0 Å². The average molecular weight is 349 g/mol. The van der Waals surface area contributed by atoms with Crippen LogP contribution in [0.15, 0.2) is 24.3 Å². The topological polar surface area (TPSA) is 108 Å². The first-order valence-electron chi connectivity index (χ1n) is 8.32. The van der Waals surface area contributed by atoms with Crippen molar-refractivity contribution in [2.24, 2.45) is 5.92 Å². The fraction of sp³-hybridized carbons (Fsp3) is 0.500. The Kier molecular flexibility index (Phi) is 7.91. The molecule has 25 heavy (non-hydrogen) atoms. The largest absolute Gasteiger partial charge is 0.480 e. The van der Waals surface area contributed by atoms with E-state index in [0.29, 0.717) is 13.0 Å². The standard InChI is InChI=1S/C18H27N3O4/c1-11(2)9-15(16(22)20-13(4)17(23)24)21-18(25)19-10-14-7-5-12(3)6-8-14/h5-8,11,13,15H,9-10H2,1-4H3,(H,20,22)(H,23,24)(H2,19,21,25). The number of benzene rings is 1. The fourth-order valence-corrected chi connectivity index (χ4v) is 2.18. The Morgan fingerprint density at radius 2 is 1.64 bits per heavy atom. The van der Waals surface area contributed by atoms with Gasteiger partial charge < -0.3 is 21.1 Å². The van der Waals surface area contributed by atoms with Crippen LogP contribution in [-0.2, 0) is 16.1 Å². The number of rotatable bonds is 8. The number of hydrogen-bond donors (Lipinski definition) is 4. The van der Waals surface area contributed by atoms with E-state index in [1.807, 2.05) is 45.0 Å². The highest BCUT2D eigenvalue weighted by Gasteiger charge is 2.24. The number of aliphatic carboxylic acids is 1. The summed E-state index contributed by atoms with van der Waals surface area (Å²) in [6.45, 7) is 7.55. The second-order valence-corrected chi connectivity index (χ2v) is 6.56. The van der Waals surface area contributed by atoms with E-state index >= 15 is 0 Å². The molecule has 2 atom stereocenters. The molecule has 0 fully saturated rings. The van der Waals surface area contributed by atoms with E-state index in [1.165, 1.54) is 6.92 Å². The van der Waals surface area contributed by atoms with Crippen LogP contribution in [0.2, 0.25) is 0 Å². The van der Waals surface area contributed by atoms with E-state index in [4.69, 9.17) is 5.11 Å². The number of carboxylic acid groups (broad SMARTS) is 1. The molecule has 0 saturated heterocycles. The van der Waals surface area contributed by atoms with Crippen molar-refractivity contribution in [3.63, 3.8) is 0 Å². The molecule has 7 nitrogen and oxygen atoms in total. The summed E-state index contributed by atoms with van der Waals surface area (Å²) in [7, 11) is 0. The van der Waals surface area contributed by atoms with Gasteiger partial charge in [0.1, 0.15) is 12.1 Å². The van der Waals surface area contributed by atoms with Crippen LogP contribution in [0.3, 0.4) is 0 Å². The maximum atomic E-state index is 12.2. The van der Waals surface area contributed by atoms with E-state index in [-0.39, 0.29) is 5.92 Å². The third kappa shape index (κ3) is 7.69. The Hall–Kier alpha value is -2.57. The highest BCUT2D eigenvalue weighted by atomic mass is 16.4. The smallest absolute Gasteiger partial charge is 0.325 e. The normalized spacial score (nSPS) is 13.0. The minimum Gasteiger partial charge on any atom is -0.480 e. The quantitative estimate of drug-likeness (QED) is 0.574. The van der Waals surface area contributed by atoms with Gasteiger partial charge in [-0.1, -0.05) is 43.7 Å². The van der Waals surface area contributed by atoms with E-state index in [1.54, 1.807) is 0 Å². The first kappa shape index (κ1) is 20.5. The van der Waals surface area contributed by atoms with Gasteiger partial charge in [0.2, 0.25) is 5.91 Å². The minimum absolute atomic E-state index is 0.160. The number of carbonyl (C=O) groups excluding carboxylic acids is 2.